The van der Waals surface area contributed by atoms with Crippen molar-refractivity contribution in [3.8, 4) is 11.8 Å². The van der Waals surface area contributed by atoms with Crippen molar-refractivity contribution in [2.45, 2.75) is 17.3 Å². The van der Waals surface area contributed by atoms with Crippen molar-refractivity contribution in [3.63, 3.8) is 0 Å². The van der Waals surface area contributed by atoms with Gasteiger partial charge in [-0.05, 0) is 43.3 Å². The van der Waals surface area contributed by atoms with Crippen molar-refractivity contribution >= 4 is 34.4 Å². The van der Waals surface area contributed by atoms with Crippen LogP contribution in [0.4, 0.5) is 5.69 Å². The van der Waals surface area contributed by atoms with E-state index in [0.717, 1.165) is 16.8 Å². The van der Waals surface area contributed by atoms with E-state index in [1.165, 1.54) is 11.8 Å². The van der Waals surface area contributed by atoms with Gasteiger partial charge in [-0.1, -0.05) is 11.8 Å². The maximum Gasteiger partial charge on any atom is 0.237 e. The molecule has 1 heterocycles. The Labute approximate surface area is 149 Å². The molecule has 3 rings (SSSR count). The first-order valence-electron chi connectivity index (χ1n) is 7.60. The van der Waals surface area contributed by atoms with Gasteiger partial charge in [-0.3, -0.25) is 4.79 Å². The normalized spacial score (nSPS) is 11.7. The summed E-state index contributed by atoms with van der Waals surface area (Å²) in [5.41, 5.74) is 2.90. The summed E-state index contributed by atoms with van der Waals surface area (Å²) in [6.07, 6.45) is 0. The highest BCUT2D eigenvalue weighted by Crippen LogP contribution is 2.26. The van der Waals surface area contributed by atoms with Gasteiger partial charge in [-0.15, -0.1) is 0 Å². The molecule has 0 aliphatic rings. The first-order chi connectivity index (χ1) is 12.1. The average Bonchev–Trinajstić information content (AvgIpc) is 3.03. The minimum absolute atomic E-state index is 0.132. The minimum Gasteiger partial charge on any atom is -0.497 e. The zero-order chi connectivity index (χ0) is 17.8. The van der Waals surface area contributed by atoms with E-state index in [-0.39, 0.29) is 11.2 Å². The Kier molecular flexibility index (Phi) is 4.91. The number of hydrogen-bond donors (Lipinski definition) is 2. The number of ether oxygens (including phenoxy) is 1. The van der Waals surface area contributed by atoms with E-state index < -0.39 is 0 Å². The first-order valence-corrected chi connectivity index (χ1v) is 8.48. The fourth-order valence-electron chi connectivity index (χ4n) is 2.24. The number of H-pyrrole nitrogens is 1. The van der Waals surface area contributed by atoms with Gasteiger partial charge in [0.15, 0.2) is 5.16 Å². The molecule has 2 N–H and O–H groups in total. The fourth-order valence-corrected chi connectivity index (χ4v) is 3.06. The highest BCUT2D eigenvalue weighted by Gasteiger charge is 2.17. The second kappa shape index (κ2) is 7.28. The van der Waals surface area contributed by atoms with Gasteiger partial charge in [-0.2, -0.15) is 5.26 Å². The van der Waals surface area contributed by atoms with Crippen molar-refractivity contribution in [1.29, 1.82) is 5.26 Å². The predicted octanol–water partition coefficient (Wildman–Crippen LogP) is 3.56. The molecule has 3 aromatic rings. The standard InChI is InChI=1S/C18H16N4O2S/c1-11(17(23)20-13-5-3-12(10-19)4-6-13)25-18-21-15-8-7-14(24-2)9-16(15)22-18/h3-9,11H,1-2H3,(H,20,23)(H,21,22)/t11-/m0/s1. The maximum atomic E-state index is 12.3. The Bertz CT molecular complexity index is 944. The number of benzene rings is 2. The topological polar surface area (TPSA) is 90.8 Å². The number of imidazole rings is 1. The summed E-state index contributed by atoms with van der Waals surface area (Å²) >= 11 is 1.35. The van der Waals surface area contributed by atoms with Crippen LogP contribution in [-0.4, -0.2) is 28.2 Å². The lowest BCUT2D eigenvalue weighted by Crippen LogP contribution is -2.22. The van der Waals surface area contributed by atoms with Crippen molar-refractivity contribution in [1.82, 2.24) is 9.97 Å². The van der Waals surface area contributed by atoms with Crippen LogP contribution in [0.5, 0.6) is 5.75 Å². The molecule has 25 heavy (non-hydrogen) atoms. The molecular formula is C18H16N4O2S. The zero-order valence-corrected chi connectivity index (χ0v) is 14.6. The lowest BCUT2D eigenvalue weighted by atomic mass is 10.2. The number of thioether (sulfide) groups is 1. The second-order valence-electron chi connectivity index (χ2n) is 5.36. The molecule has 6 nitrogen and oxygen atoms in total. The van der Waals surface area contributed by atoms with Crippen molar-refractivity contribution in [3.05, 3.63) is 48.0 Å². The number of nitrogens with one attached hydrogen (secondary N) is 2. The van der Waals surface area contributed by atoms with Gasteiger partial charge in [0.05, 0.1) is 35.0 Å². The van der Waals surface area contributed by atoms with Crippen LogP contribution < -0.4 is 10.1 Å². The second-order valence-corrected chi connectivity index (χ2v) is 6.69. The number of fused-ring (bicyclic) bond motifs is 1. The number of aromatic amines is 1. The van der Waals surface area contributed by atoms with E-state index in [2.05, 4.69) is 15.3 Å². The Hall–Kier alpha value is -2.98. The smallest absolute Gasteiger partial charge is 0.237 e. The number of rotatable bonds is 5. The zero-order valence-electron chi connectivity index (χ0n) is 13.7. The number of anilines is 1. The lowest BCUT2D eigenvalue weighted by Gasteiger charge is -2.10. The highest BCUT2D eigenvalue weighted by atomic mass is 32.2. The van der Waals surface area contributed by atoms with E-state index >= 15 is 0 Å². The van der Waals surface area contributed by atoms with Crippen LogP contribution in [0.3, 0.4) is 0 Å². The molecule has 1 aromatic heterocycles. The molecule has 1 atom stereocenters. The molecule has 0 aliphatic heterocycles. The molecule has 0 bridgehead atoms. The van der Waals surface area contributed by atoms with E-state index in [1.54, 1.807) is 31.4 Å². The number of nitriles is 1. The van der Waals surface area contributed by atoms with Crippen molar-refractivity contribution < 1.29 is 9.53 Å². The third-order valence-electron chi connectivity index (χ3n) is 3.61. The third kappa shape index (κ3) is 3.92. The SMILES string of the molecule is COc1ccc2nc(S[C@@H](C)C(=O)Nc3ccc(C#N)cc3)[nH]c2c1. The van der Waals surface area contributed by atoms with Gasteiger partial charge >= 0.3 is 0 Å². The van der Waals surface area contributed by atoms with Crippen molar-refractivity contribution in [2.75, 3.05) is 12.4 Å². The first kappa shape index (κ1) is 16.9. The summed E-state index contributed by atoms with van der Waals surface area (Å²) in [5, 5.41) is 12.0. The van der Waals surface area contributed by atoms with Gasteiger partial charge in [0.1, 0.15) is 5.75 Å². The Morgan fingerprint density at radius 3 is 2.76 bits per heavy atom. The Morgan fingerprint density at radius 2 is 2.08 bits per heavy atom. The average molecular weight is 352 g/mol. The summed E-state index contributed by atoms with van der Waals surface area (Å²) < 4.78 is 5.19. The Morgan fingerprint density at radius 1 is 1.32 bits per heavy atom. The summed E-state index contributed by atoms with van der Waals surface area (Å²) in [6, 6.07) is 14.4. The van der Waals surface area contributed by atoms with Crippen LogP contribution in [0.1, 0.15) is 12.5 Å². The monoisotopic (exact) mass is 352 g/mol. The van der Waals surface area contributed by atoms with E-state index in [1.807, 2.05) is 31.2 Å². The molecular weight excluding hydrogens is 336 g/mol. The molecule has 126 valence electrons. The molecule has 0 saturated carbocycles. The van der Waals surface area contributed by atoms with E-state index in [9.17, 15) is 4.79 Å². The van der Waals surface area contributed by atoms with Crippen LogP contribution in [-0.2, 0) is 4.79 Å². The molecule has 0 unspecified atom stereocenters. The summed E-state index contributed by atoms with van der Waals surface area (Å²) in [6.45, 7) is 1.82. The van der Waals surface area contributed by atoms with Crippen LogP contribution in [0, 0.1) is 11.3 Å². The fraction of sp³-hybridized carbons (Fsp3) is 0.167. The van der Waals surface area contributed by atoms with Gasteiger partial charge in [0.25, 0.3) is 0 Å². The van der Waals surface area contributed by atoms with Crippen LogP contribution in [0.25, 0.3) is 11.0 Å². The molecule has 2 aromatic carbocycles. The quantitative estimate of drug-likeness (QED) is 0.685. The highest BCUT2D eigenvalue weighted by molar-refractivity contribution is 8.00. The number of carbonyl (C=O) groups is 1. The molecule has 0 saturated heterocycles. The number of methoxy groups -OCH3 is 1. The van der Waals surface area contributed by atoms with Gasteiger partial charge in [0.2, 0.25) is 5.91 Å². The van der Waals surface area contributed by atoms with Gasteiger partial charge in [0, 0.05) is 11.8 Å². The van der Waals surface area contributed by atoms with Gasteiger partial charge < -0.3 is 15.0 Å². The van der Waals surface area contributed by atoms with Crippen molar-refractivity contribution in [2.24, 2.45) is 0 Å². The van der Waals surface area contributed by atoms with E-state index in [0.29, 0.717) is 16.4 Å². The molecule has 0 aliphatic carbocycles. The van der Waals surface area contributed by atoms with Crippen LogP contribution in [0.2, 0.25) is 0 Å². The van der Waals surface area contributed by atoms with Crippen LogP contribution >= 0.6 is 11.8 Å². The summed E-state index contributed by atoms with van der Waals surface area (Å²) in [5.74, 6) is 0.618. The predicted molar refractivity (Wildman–Crippen MR) is 97.8 cm³/mol. The molecule has 0 radical (unpaired) electrons. The Balaban J connectivity index is 1.67. The largest absolute Gasteiger partial charge is 0.497 e. The minimum atomic E-state index is -0.335. The number of carbonyl (C=O) groups excluding carboxylic acids is 1. The molecule has 1 amide bonds. The van der Waals surface area contributed by atoms with Gasteiger partial charge in [-0.25, -0.2) is 4.98 Å². The number of nitrogens with zero attached hydrogens (tertiary/aromatic N) is 2. The number of hydrogen-bond acceptors (Lipinski definition) is 5. The summed E-state index contributed by atoms with van der Waals surface area (Å²) in [7, 11) is 1.61. The molecule has 0 spiro atoms. The van der Waals surface area contributed by atoms with Crippen LogP contribution in [0.15, 0.2) is 47.6 Å². The lowest BCUT2D eigenvalue weighted by molar-refractivity contribution is -0.115. The third-order valence-corrected chi connectivity index (χ3v) is 4.59. The number of aromatic nitrogens is 2. The molecule has 7 heteroatoms. The summed E-state index contributed by atoms with van der Waals surface area (Å²) in [4.78, 5) is 20.0. The van der Waals surface area contributed by atoms with E-state index in [4.69, 9.17) is 10.00 Å². The molecule has 0 fully saturated rings. The maximum absolute atomic E-state index is 12.3. The number of amides is 1.